The number of carbonyl (C=O) groups is 1. The van der Waals surface area contributed by atoms with Crippen LogP contribution in [-0.4, -0.2) is 45.7 Å². The summed E-state index contributed by atoms with van der Waals surface area (Å²) in [6.07, 6.45) is 0. The highest BCUT2D eigenvalue weighted by atomic mass is 79.9. The Morgan fingerprint density at radius 2 is 1.96 bits per heavy atom. The smallest absolute Gasteiger partial charge is 0.267 e. The van der Waals surface area contributed by atoms with Crippen molar-refractivity contribution in [3.05, 3.63) is 45.0 Å². The molecule has 0 aliphatic carbocycles. The molecule has 0 fully saturated rings. The van der Waals surface area contributed by atoms with Gasteiger partial charge in [-0.15, -0.1) is 0 Å². The number of halogens is 2. The molecule has 0 saturated carbocycles. The van der Waals surface area contributed by atoms with E-state index in [2.05, 4.69) is 26.0 Å². The maximum atomic E-state index is 12.8. The Kier molecular flexibility index (Phi) is 3.70. The lowest BCUT2D eigenvalue weighted by Gasteiger charge is -2.30. The minimum atomic E-state index is -0.270. The fraction of sp³-hybridized carbons (Fsp3) is 0.353. The molecule has 0 atom stereocenters. The minimum absolute atomic E-state index is 0.172. The van der Waals surface area contributed by atoms with Gasteiger partial charge in [0.2, 0.25) is 5.96 Å². The van der Waals surface area contributed by atoms with E-state index in [1.807, 2.05) is 43.0 Å². The molecule has 8 heteroatoms. The third-order valence-electron chi connectivity index (χ3n) is 4.38. The van der Waals surface area contributed by atoms with Gasteiger partial charge in [-0.05, 0) is 31.5 Å². The maximum Gasteiger partial charge on any atom is 0.267 e. The number of anilines is 1. The highest BCUT2D eigenvalue weighted by Gasteiger charge is 2.44. The summed E-state index contributed by atoms with van der Waals surface area (Å²) in [5, 5.41) is 4.99. The summed E-state index contributed by atoms with van der Waals surface area (Å²) in [5.41, 5.74) is 1.23. The fourth-order valence-electron chi connectivity index (χ4n) is 3.18. The van der Waals surface area contributed by atoms with E-state index in [9.17, 15) is 4.79 Å². The number of benzene rings is 1. The average Bonchev–Trinajstić information content (AvgIpc) is 3.05. The Bertz CT molecular complexity index is 903. The lowest BCUT2D eigenvalue weighted by Crippen LogP contribution is -2.48. The Morgan fingerprint density at radius 3 is 2.64 bits per heavy atom. The second-order valence-corrected chi connectivity index (χ2v) is 8.22. The number of fused-ring (bicyclic) bond motifs is 3. The first-order chi connectivity index (χ1) is 11.8. The van der Waals surface area contributed by atoms with E-state index < -0.39 is 0 Å². The van der Waals surface area contributed by atoms with Crippen molar-refractivity contribution in [1.82, 2.24) is 14.7 Å². The number of aliphatic imine (C=N–C) groups is 1. The van der Waals surface area contributed by atoms with Crippen molar-refractivity contribution in [2.75, 3.05) is 18.5 Å². The molecule has 6 nitrogen and oxygen atoms in total. The molecular formula is C17H17BrClN5O. The van der Waals surface area contributed by atoms with Crippen LogP contribution in [0.25, 0.3) is 0 Å². The van der Waals surface area contributed by atoms with E-state index in [1.54, 1.807) is 16.6 Å². The molecule has 1 aromatic heterocycles. The number of guanidine groups is 1. The van der Waals surface area contributed by atoms with Crippen LogP contribution in [0.4, 0.5) is 5.82 Å². The van der Waals surface area contributed by atoms with Gasteiger partial charge in [-0.25, -0.2) is 9.67 Å². The summed E-state index contributed by atoms with van der Waals surface area (Å²) in [6.45, 7) is 5.24. The zero-order chi connectivity index (χ0) is 17.9. The highest BCUT2D eigenvalue weighted by molar-refractivity contribution is 9.10. The van der Waals surface area contributed by atoms with E-state index in [-0.39, 0.29) is 11.4 Å². The van der Waals surface area contributed by atoms with Gasteiger partial charge in [0.05, 0.1) is 18.6 Å². The highest BCUT2D eigenvalue weighted by Crippen LogP contribution is 2.37. The molecule has 0 saturated heterocycles. The van der Waals surface area contributed by atoms with E-state index in [4.69, 9.17) is 11.6 Å². The van der Waals surface area contributed by atoms with Crippen LogP contribution < -0.4 is 4.90 Å². The van der Waals surface area contributed by atoms with Crippen molar-refractivity contribution in [1.29, 1.82) is 0 Å². The van der Waals surface area contributed by atoms with Crippen molar-refractivity contribution in [2.45, 2.75) is 25.9 Å². The van der Waals surface area contributed by atoms with Crippen LogP contribution >= 0.6 is 27.5 Å². The molecular weight excluding hydrogens is 406 g/mol. The Morgan fingerprint density at radius 1 is 1.28 bits per heavy atom. The van der Waals surface area contributed by atoms with E-state index in [0.29, 0.717) is 35.6 Å². The van der Waals surface area contributed by atoms with Crippen LogP contribution in [0, 0.1) is 0 Å². The Labute approximate surface area is 159 Å². The second kappa shape index (κ2) is 5.57. The summed E-state index contributed by atoms with van der Waals surface area (Å²) in [6, 6.07) is 7.94. The summed E-state index contributed by atoms with van der Waals surface area (Å²) < 4.78 is 2.69. The SMILES string of the molecule is CN1C(=O)c2c(nn(Cc3ccc(Br)cc3)c2Cl)N2CC(C)(C)N=C12. The number of carbonyl (C=O) groups excluding carboxylic acids is 1. The summed E-state index contributed by atoms with van der Waals surface area (Å²) >= 11 is 9.95. The van der Waals surface area contributed by atoms with Crippen LogP contribution in [-0.2, 0) is 6.54 Å². The van der Waals surface area contributed by atoms with Crippen LogP contribution in [0.2, 0.25) is 5.15 Å². The van der Waals surface area contributed by atoms with Crippen LogP contribution in [0.5, 0.6) is 0 Å². The number of amides is 1. The fourth-order valence-corrected chi connectivity index (χ4v) is 3.71. The van der Waals surface area contributed by atoms with Gasteiger partial charge in [-0.2, -0.15) is 5.10 Å². The van der Waals surface area contributed by atoms with Gasteiger partial charge in [0.15, 0.2) is 5.82 Å². The Balaban J connectivity index is 1.77. The molecule has 25 heavy (non-hydrogen) atoms. The maximum absolute atomic E-state index is 12.8. The predicted octanol–water partition coefficient (Wildman–Crippen LogP) is 3.39. The van der Waals surface area contributed by atoms with Gasteiger partial charge >= 0.3 is 0 Å². The number of hydrogen-bond donors (Lipinski definition) is 0. The minimum Gasteiger partial charge on any atom is -0.292 e. The average molecular weight is 423 g/mol. The standard InChI is InChI=1S/C17H17BrClN5O/c1-17(2)9-23-14-12(15(25)22(3)16(23)20-17)13(19)24(21-14)8-10-4-6-11(18)7-5-10/h4-7H,8-9H2,1-3H3. The van der Waals surface area contributed by atoms with Gasteiger partial charge in [-0.1, -0.05) is 39.7 Å². The molecule has 0 radical (unpaired) electrons. The first-order valence-corrected chi connectivity index (χ1v) is 9.10. The van der Waals surface area contributed by atoms with Crippen LogP contribution in [0.15, 0.2) is 33.7 Å². The van der Waals surface area contributed by atoms with Crippen molar-refractivity contribution in [3.63, 3.8) is 0 Å². The van der Waals surface area contributed by atoms with Crippen molar-refractivity contribution in [2.24, 2.45) is 4.99 Å². The zero-order valence-corrected chi connectivity index (χ0v) is 16.5. The Hall–Kier alpha value is -1.86. The van der Waals surface area contributed by atoms with Gasteiger partial charge < -0.3 is 0 Å². The number of rotatable bonds is 2. The number of aromatic nitrogens is 2. The molecule has 130 valence electrons. The zero-order valence-electron chi connectivity index (χ0n) is 14.1. The molecule has 0 unspecified atom stereocenters. The van der Waals surface area contributed by atoms with Gasteiger partial charge in [-0.3, -0.25) is 14.6 Å². The van der Waals surface area contributed by atoms with Gasteiger partial charge in [0.25, 0.3) is 5.91 Å². The number of nitrogens with zero attached hydrogens (tertiary/aromatic N) is 5. The monoisotopic (exact) mass is 421 g/mol. The normalized spacial score (nSPS) is 18.3. The molecule has 3 heterocycles. The largest absolute Gasteiger partial charge is 0.292 e. The quantitative estimate of drug-likeness (QED) is 0.745. The van der Waals surface area contributed by atoms with E-state index in [1.165, 1.54) is 0 Å². The van der Waals surface area contributed by atoms with Crippen molar-refractivity contribution >= 4 is 45.2 Å². The van der Waals surface area contributed by atoms with Crippen LogP contribution in [0.3, 0.4) is 0 Å². The molecule has 0 bridgehead atoms. The summed E-state index contributed by atoms with van der Waals surface area (Å²) in [7, 11) is 1.72. The lowest BCUT2D eigenvalue weighted by molar-refractivity contribution is 0.0865. The molecule has 0 N–H and O–H groups in total. The van der Waals surface area contributed by atoms with Crippen molar-refractivity contribution < 1.29 is 4.79 Å². The third-order valence-corrected chi connectivity index (χ3v) is 5.29. The first-order valence-electron chi connectivity index (χ1n) is 7.93. The van der Waals surface area contributed by atoms with Crippen molar-refractivity contribution in [3.8, 4) is 0 Å². The topological polar surface area (TPSA) is 53.7 Å². The third kappa shape index (κ3) is 2.66. The molecule has 2 aromatic rings. The predicted molar refractivity (Wildman–Crippen MR) is 101 cm³/mol. The molecule has 1 amide bonds. The first kappa shape index (κ1) is 16.6. The van der Waals surface area contributed by atoms with E-state index >= 15 is 0 Å². The summed E-state index contributed by atoms with van der Waals surface area (Å²) in [4.78, 5) is 21.0. The number of hydrogen-bond acceptors (Lipinski definition) is 4. The molecule has 4 rings (SSSR count). The van der Waals surface area contributed by atoms with Crippen LogP contribution in [0.1, 0.15) is 29.8 Å². The van der Waals surface area contributed by atoms with E-state index in [0.717, 1.165) is 10.0 Å². The molecule has 1 aromatic carbocycles. The van der Waals surface area contributed by atoms with Gasteiger partial charge in [0.1, 0.15) is 10.7 Å². The molecule has 2 aliphatic rings. The molecule has 2 aliphatic heterocycles. The lowest BCUT2D eigenvalue weighted by atomic mass is 10.1. The second-order valence-electron chi connectivity index (χ2n) is 6.95. The van der Waals surface area contributed by atoms with Gasteiger partial charge in [0, 0.05) is 11.5 Å². The molecule has 0 spiro atoms. The summed E-state index contributed by atoms with van der Waals surface area (Å²) in [5.74, 6) is 1.05.